The lowest BCUT2D eigenvalue weighted by atomic mass is 10.4. The third-order valence-electron chi connectivity index (χ3n) is 2.92. The van der Waals surface area contributed by atoms with E-state index in [1.165, 1.54) is 0 Å². The Kier molecular flexibility index (Phi) is 3.41. The van der Waals surface area contributed by atoms with E-state index in [0.717, 1.165) is 38.4 Å². The third kappa shape index (κ3) is 2.83. The Balaban J connectivity index is 2.03. The summed E-state index contributed by atoms with van der Waals surface area (Å²) >= 11 is 0. The first-order chi connectivity index (χ1) is 8.16. The summed E-state index contributed by atoms with van der Waals surface area (Å²) in [5.41, 5.74) is 5.50. The number of nitrogens with zero attached hydrogens (tertiary/aromatic N) is 4. The lowest BCUT2D eigenvalue weighted by Crippen LogP contribution is -2.33. The first-order valence-corrected chi connectivity index (χ1v) is 5.75. The molecule has 17 heavy (non-hydrogen) atoms. The zero-order valence-electron chi connectivity index (χ0n) is 9.96. The van der Waals surface area contributed by atoms with Crippen LogP contribution in [0.2, 0.25) is 0 Å². The molecule has 0 aliphatic carbocycles. The third-order valence-corrected chi connectivity index (χ3v) is 2.92. The van der Waals surface area contributed by atoms with Gasteiger partial charge >= 0.3 is 0 Å². The lowest BCUT2D eigenvalue weighted by Gasteiger charge is -2.21. The fourth-order valence-electron chi connectivity index (χ4n) is 1.96. The van der Waals surface area contributed by atoms with E-state index in [2.05, 4.69) is 14.9 Å². The van der Waals surface area contributed by atoms with Gasteiger partial charge in [-0.3, -0.25) is 4.79 Å². The highest BCUT2D eigenvalue weighted by Crippen LogP contribution is 2.13. The number of aromatic nitrogens is 2. The van der Waals surface area contributed by atoms with Crippen molar-refractivity contribution in [1.29, 1.82) is 0 Å². The molecule has 92 valence electrons. The molecule has 0 atom stereocenters. The number of amides is 1. The molecule has 0 saturated carbocycles. The van der Waals surface area contributed by atoms with Gasteiger partial charge in [-0.1, -0.05) is 0 Å². The molecular formula is C11H17N5O. The van der Waals surface area contributed by atoms with Crippen molar-refractivity contribution in [2.45, 2.75) is 13.3 Å². The molecule has 1 aliphatic rings. The first-order valence-electron chi connectivity index (χ1n) is 5.75. The summed E-state index contributed by atoms with van der Waals surface area (Å²) in [5.74, 6) is 1.38. The number of hydrogen-bond donors (Lipinski definition) is 1. The maximum atomic E-state index is 11.3. The van der Waals surface area contributed by atoms with Crippen LogP contribution in [0.5, 0.6) is 0 Å². The van der Waals surface area contributed by atoms with Crippen molar-refractivity contribution >= 4 is 17.5 Å². The molecule has 2 rings (SSSR count). The minimum absolute atomic E-state index is 0.134. The van der Waals surface area contributed by atoms with E-state index in [4.69, 9.17) is 5.73 Å². The predicted molar refractivity (Wildman–Crippen MR) is 65.5 cm³/mol. The van der Waals surface area contributed by atoms with Gasteiger partial charge in [0, 0.05) is 33.1 Å². The Morgan fingerprint density at radius 1 is 1.24 bits per heavy atom. The number of anilines is 2. The highest BCUT2D eigenvalue weighted by molar-refractivity contribution is 5.73. The summed E-state index contributed by atoms with van der Waals surface area (Å²) in [7, 11) is 0. The van der Waals surface area contributed by atoms with E-state index in [1.807, 2.05) is 4.90 Å². The lowest BCUT2D eigenvalue weighted by molar-refractivity contribution is -0.128. The van der Waals surface area contributed by atoms with Crippen LogP contribution in [0, 0.1) is 0 Å². The van der Waals surface area contributed by atoms with Crippen LogP contribution >= 0.6 is 0 Å². The highest BCUT2D eigenvalue weighted by Gasteiger charge is 2.17. The summed E-state index contributed by atoms with van der Waals surface area (Å²) in [6.07, 6.45) is 4.19. The summed E-state index contributed by atoms with van der Waals surface area (Å²) in [5, 5.41) is 0. The van der Waals surface area contributed by atoms with Crippen molar-refractivity contribution in [2.24, 2.45) is 0 Å². The van der Waals surface area contributed by atoms with Gasteiger partial charge in [0.1, 0.15) is 11.6 Å². The number of carbonyl (C=O) groups excluding carboxylic acids is 1. The maximum Gasteiger partial charge on any atom is 0.219 e. The fourth-order valence-corrected chi connectivity index (χ4v) is 1.96. The average Bonchev–Trinajstić information content (AvgIpc) is 2.55. The second-order valence-corrected chi connectivity index (χ2v) is 4.15. The molecule has 1 aromatic heterocycles. The molecule has 0 bridgehead atoms. The monoisotopic (exact) mass is 235 g/mol. The molecule has 0 aromatic carbocycles. The molecule has 1 aliphatic heterocycles. The van der Waals surface area contributed by atoms with Gasteiger partial charge in [0.25, 0.3) is 0 Å². The highest BCUT2D eigenvalue weighted by atomic mass is 16.2. The maximum absolute atomic E-state index is 11.3. The minimum Gasteiger partial charge on any atom is -0.382 e. The van der Waals surface area contributed by atoms with Crippen LogP contribution < -0.4 is 10.6 Å². The molecular weight excluding hydrogens is 218 g/mol. The molecule has 6 heteroatoms. The van der Waals surface area contributed by atoms with Crippen molar-refractivity contribution in [2.75, 3.05) is 36.8 Å². The van der Waals surface area contributed by atoms with E-state index in [1.54, 1.807) is 19.3 Å². The van der Waals surface area contributed by atoms with Crippen molar-refractivity contribution in [1.82, 2.24) is 14.9 Å². The number of nitrogen functional groups attached to an aromatic ring is 1. The summed E-state index contributed by atoms with van der Waals surface area (Å²) in [4.78, 5) is 23.6. The van der Waals surface area contributed by atoms with E-state index in [-0.39, 0.29) is 5.91 Å². The molecule has 1 saturated heterocycles. The molecule has 0 radical (unpaired) electrons. The van der Waals surface area contributed by atoms with Crippen LogP contribution in [-0.4, -0.2) is 47.0 Å². The van der Waals surface area contributed by atoms with Crippen LogP contribution in [-0.2, 0) is 4.79 Å². The van der Waals surface area contributed by atoms with Crippen LogP contribution in [0.1, 0.15) is 13.3 Å². The Labute approximate surface area is 100 Å². The second kappa shape index (κ2) is 4.99. The number of hydrogen-bond acceptors (Lipinski definition) is 5. The van der Waals surface area contributed by atoms with Gasteiger partial charge in [0.15, 0.2) is 0 Å². The number of nitrogens with two attached hydrogens (primary N) is 1. The average molecular weight is 235 g/mol. The molecule has 0 spiro atoms. The summed E-state index contributed by atoms with van der Waals surface area (Å²) in [6, 6.07) is 0. The van der Waals surface area contributed by atoms with Crippen LogP contribution in [0.15, 0.2) is 12.4 Å². The molecule has 1 aromatic rings. The van der Waals surface area contributed by atoms with Crippen molar-refractivity contribution in [3.63, 3.8) is 0 Å². The minimum atomic E-state index is 0.134. The van der Waals surface area contributed by atoms with Gasteiger partial charge < -0.3 is 15.5 Å². The normalized spacial score (nSPS) is 16.8. The van der Waals surface area contributed by atoms with Gasteiger partial charge in [-0.2, -0.15) is 0 Å². The van der Waals surface area contributed by atoms with Crippen LogP contribution in [0.25, 0.3) is 0 Å². The van der Waals surface area contributed by atoms with Crippen LogP contribution in [0.3, 0.4) is 0 Å². The van der Waals surface area contributed by atoms with Crippen molar-refractivity contribution in [3.8, 4) is 0 Å². The fraction of sp³-hybridized carbons (Fsp3) is 0.545. The predicted octanol–water partition coefficient (Wildman–Crippen LogP) is 0.117. The van der Waals surface area contributed by atoms with Gasteiger partial charge in [-0.05, 0) is 6.42 Å². The molecule has 2 heterocycles. The summed E-state index contributed by atoms with van der Waals surface area (Å²) < 4.78 is 0. The molecule has 1 fully saturated rings. The molecule has 6 nitrogen and oxygen atoms in total. The topological polar surface area (TPSA) is 75.4 Å². The van der Waals surface area contributed by atoms with E-state index in [0.29, 0.717) is 5.82 Å². The Morgan fingerprint density at radius 3 is 2.71 bits per heavy atom. The Hall–Kier alpha value is -1.85. The summed E-state index contributed by atoms with van der Waals surface area (Å²) in [6.45, 7) is 4.84. The van der Waals surface area contributed by atoms with Gasteiger partial charge in [0.05, 0.1) is 12.4 Å². The number of rotatable bonds is 1. The van der Waals surface area contributed by atoms with Crippen LogP contribution in [0.4, 0.5) is 11.6 Å². The Bertz CT molecular complexity index is 391. The standard InChI is InChI=1S/C11H17N5O/c1-9(17)15-3-2-4-16(6-5-15)11-8-13-10(12)7-14-11/h7-8H,2-6H2,1H3,(H2,12,13). The Morgan fingerprint density at radius 2 is 2.06 bits per heavy atom. The number of carbonyl (C=O) groups is 1. The molecule has 1 amide bonds. The largest absolute Gasteiger partial charge is 0.382 e. The van der Waals surface area contributed by atoms with Crippen molar-refractivity contribution in [3.05, 3.63) is 12.4 Å². The van der Waals surface area contributed by atoms with Crippen molar-refractivity contribution < 1.29 is 4.79 Å². The van der Waals surface area contributed by atoms with E-state index >= 15 is 0 Å². The quantitative estimate of drug-likeness (QED) is 0.748. The smallest absolute Gasteiger partial charge is 0.219 e. The van der Waals surface area contributed by atoms with Gasteiger partial charge in [0.2, 0.25) is 5.91 Å². The van der Waals surface area contributed by atoms with Gasteiger partial charge in [-0.15, -0.1) is 0 Å². The zero-order chi connectivity index (χ0) is 12.3. The van der Waals surface area contributed by atoms with Gasteiger partial charge in [-0.25, -0.2) is 9.97 Å². The second-order valence-electron chi connectivity index (χ2n) is 4.15. The molecule has 2 N–H and O–H groups in total. The SMILES string of the molecule is CC(=O)N1CCCN(c2cnc(N)cn2)CC1. The first kappa shape index (κ1) is 11.6. The zero-order valence-corrected chi connectivity index (χ0v) is 9.96. The van der Waals surface area contributed by atoms with E-state index in [9.17, 15) is 4.79 Å². The van der Waals surface area contributed by atoms with E-state index < -0.39 is 0 Å². The molecule has 0 unspecified atom stereocenters.